The number of likely N-dealkylation sites (N-methyl/N-ethyl adjacent to an activating group) is 2. The van der Waals surface area contributed by atoms with Crippen LogP contribution in [0.1, 0.15) is 13.3 Å². The molecule has 0 aromatic heterocycles. The summed E-state index contributed by atoms with van der Waals surface area (Å²) < 4.78 is 5.10. The topological polar surface area (TPSA) is 91.0 Å². The van der Waals surface area contributed by atoms with E-state index >= 15 is 0 Å². The zero-order valence-corrected chi connectivity index (χ0v) is 15.9. The van der Waals surface area contributed by atoms with Crippen LogP contribution < -0.4 is 15.4 Å². The van der Waals surface area contributed by atoms with Crippen LogP contribution in [0.25, 0.3) is 0 Å². The number of benzene rings is 1. The van der Waals surface area contributed by atoms with Crippen molar-refractivity contribution < 1.29 is 19.1 Å². The largest absolute Gasteiger partial charge is 0.497 e. The van der Waals surface area contributed by atoms with Crippen LogP contribution in [0.15, 0.2) is 24.3 Å². The molecule has 2 N–H and O–H groups in total. The van der Waals surface area contributed by atoms with Crippen molar-refractivity contribution in [3.63, 3.8) is 0 Å². The number of hydrogen-bond acceptors (Lipinski definition) is 5. The Labute approximate surface area is 154 Å². The number of carbonyl (C=O) groups excluding carboxylic acids is 3. The molecule has 0 spiro atoms. The number of nitrogens with one attached hydrogen (secondary N) is 2. The first-order chi connectivity index (χ1) is 12.3. The molecule has 0 radical (unpaired) electrons. The lowest BCUT2D eigenvalue weighted by atomic mass is 10.3. The van der Waals surface area contributed by atoms with Crippen molar-refractivity contribution in [2.75, 3.05) is 52.7 Å². The summed E-state index contributed by atoms with van der Waals surface area (Å²) in [6.45, 7) is 2.70. The first-order valence-corrected chi connectivity index (χ1v) is 8.48. The molecule has 1 aromatic carbocycles. The highest BCUT2D eigenvalue weighted by molar-refractivity contribution is 5.94. The number of nitrogens with zero attached hydrogens (tertiary/aromatic N) is 2. The second kappa shape index (κ2) is 11.1. The van der Waals surface area contributed by atoms with Gasteiger partial charge >= 0.3 is 0 Å². The van der Waals surface area contributed by atoms with Crippen molar-refractivity contribution >= 4 is 23.4 Å². The molecule has 0 unspecified atom stereocenters. The fourth-order valence-electron chi connectivity index (χ4n) is 2.18. The van der Waals surface area contributed by atoms with Gasteiger partial charge in [-0.15, -0.1) is 0 Å². The van der Waals surface area contributed by atoms with Crippen LogP contribution in [-0.4, -0.2) is 74.9 Å². The molecule has 8 heteroatoms. The lowest BCUT2D eigenvalue weighted by Gasteiger charge is -2.21. The molecule has 26 heavy (non-hydrogen) atoms. The fourth-order valence-corrected chi connectivity index (χ4v) is 2.18. The Morgan fingerprint density at radius 3 is 2.46 bits per heavy atom. The van der Waals surface area contributed by atoms with E-state index in [-0.39, 0.29) is 37.4 Å². The quantitative estimate of drug-likeness (QED) is 0.633. The maximum atomic E-state index is 12.2. The van der Waals surface area contributed by atoms with Crippen LogP contribution in [-0.2, 0) is 14.4 Å². The third-order valence-electron chi connectivity index (χ3n) is 3.55. The van der Waals surface area contributed by atoms with Crippen LogP contribution >= 0.6 is 0 Å². The van der Waals surface area contributed by atoms with Crippen LogP contribution in [0, 0.1) is 0 Å². The molecule has 1 aromatic rings. The fraction of sp³-hybridized carbons (Fsp3) is 0.500. The van der Waals surface area contributed by atoms with Gasteiger partial charge in [0.1, 0.15) is 5.75 Å². The molecule has 0 atom stereocenters. The van der Waals surface area contributed by atoms with E-state index in [0.29, 0.717) is 18.0 Å². The molecular formula is C18H28N4O4. The van der Waals surface area contributed by atoms with E-state index in [0.717, 1.165) is 6.42 Å². The Morgan fingerprint density at radius 1 is 1.08 bits per heavy atom. The highest BCUT2D eigenvalue weighted by Crippen LogP contribution is 2.16. The first-order valence-electron chi connectivity index (χ1n) is 8.48. The Morgan fingerprint density at radius 2 is 1.81 bits per heavy atom. The van der Waals surface area contributed by atoms with Gasteiger partial charge in [-0.05, 0) is 25.6 Å². The van der Waals surface area contributed by atoms with E-state index in [4.69, 9.17) is 4.74 Å². The van der Waals surface area contributed by atoms with E-state index in [2.05, 4.69) is 10.6 Å². The highest BCUT2D eigenvalue weighted by Gasteiger charge is 2.16. The van der Waals surface area contributed by atoms with Crippen molar-refractivity contribution in [2.24, 2.45) is 0 Å². The van der Waals surface area contributed by atoms with Crippen LogP contribution in [0.2, 0.25) is 0 Å². The van der Waals surface area contributed by atoms with Gasteiger partial charge in [0, 0.05) is 25.3 Å². The minimum absolute atomic E-state index is 0.0580. The Kier molecular flexibility index (Phi) is 9.14. The molecule has 0 aliphatic rings. The molecule has 8 nitrogen and oxygen atoms in total. The number of methoxy groups -OCH3 is 1. The van der Waals surface area contributed by atoms with Gasteiger partial charge in [-0.3, -0.25) is 19.3 Å². The third kappa shape index (κ3) is 7.98. The van der Waals surface area contributed by atoms with Gasteiger partial charge in [0.25, 0.3) is 0 Å². The van der Waals surface area contributed by atoms with Crippen molar-refractivity contribution in [1.82, 2.24) is 15.1 Å². The van der Waals surface area contributed by atoms with E-state index in [9.17, 15) is 14.4 Å². The molecule has 0 bridgehead atoms. The standard InChI is InChI=1S/C18H28N4O4/c1-5-9-19-16(23)11-21(2)13-18(25)22(3)12-17(24)20-14-7-6-8-15(10-14)26-4/h6-8,10H,5,9,11-13H2,1-4H3,(H,19,23)(H,20,24). The van der Waals surface area contributed by atoms with E-state index in [1.54, 1.807) is 50.4 Å². The average molecular weight is 364 g/mol. The first kappa shape index (κ1) is 21.4. The van der Waals surface area contributed by atoms with Crippen molar-refractivity contribution in [1.29, 1.82) is 0 Å². The highest BCUT2D eigenvalue weighted by atomic mass is 16.5. The Hall–Kier alpha value is -2.61. The van der Waals surface area contributed by atoms with Gasteiger partial charge in [-0.2, -0.15) is 0 Å². The van der Waals surface area contributed by atoms with Gasteiger partial charge in [-0.25, -0.2) is 0 Å². The number of rotatable bonds is 10. The van der Waals surface area contributed by atoms with E-state index in [1.165, 1.54) is 4.90 Å². The normalized spacial score (nSPS) is 10.3. The molecule has 144 valence electrons. The minimum atomic E-state index is -0.308. The third-order valence-corrected chi connectivity index (χ3v) is 3.55. The molecule has 0 aliphatic heterocycles. The lowest BCUT2D eigenvalue weighted by molar-refractivity contribution is -0.134. The van der Waals surface area contributed by atoms with E-state index in [1.807, 2.05) is 6.92 Å². The van der Waals surface area contributed by atoms with Gasteiger partial charge in [0.2, 0.25) is 17.7 Å². The maximum Gasteiger partial charge on any atom is 0.243 e. The molecule has 0 heterocycles. The second-order valence-corrected chi connectivity index (χ2v) is 6.05. The van der Waals surface area contributed by atoms with Crippen LogP contribution in [0.4, 0.5) is 5.69 Å². The van der Waals surface area contributed by atoms with Crippen LogP contribution in [0.3, 0.4) is 0 Å². The lowest BCUT2D eigenvalue weighted by Crippen LogP contribution is -2.43. The van der Waals surface area contributed by atoms with Crippen LogP contribution in [0.5, 0.6) is 5.75 Å². The zero-order valence-electron chi connectivity index (χ0n) is 15.9. The molecule has 0 fully saturated rings. The second-order valence-electron chi connectivity index (χ2n) is 6.05. The molecule has 3 amide bonds. The van der Waals surface area contributed by atoms with Gasteiger partial charge in [0.05, 0.1) is 26.7 Å². The number of anilines is 1. The number of ether oxygens (including phenoxy) is 1. The number of hydrogen-bond donors (Lipinski definition) is 2. The van der Waals surface area contributed by atoms with Crippen molar-refractivity contribution in [2.45, 2.75) is 13.3 Å². The molecule has 0 aliphatic carbocycles. The van der Waals surface area contributed by atoms with Gasteiger partial charge < -0.3 is 20.3 Å². The number of amides is 3. The van der Waals surface area contributed by atoms with Gasteiger partial charge in [0.15, 0.2) is 0 Å². The molecule has 1 rings (SSSR count). The predicted octanol–water partition coefficient (Wildman–Crippen LogP) is 0.550. The Balaban J connectivity index is 2.42. The summed E-state index contributed by atoms with van der Waals surface area (Å²) in [6.07, 6.45) is 0.861. The summed E-state index contributed by atoms with van der Waals surface area (Å²) >= 11 is 0. The zero-order chi connectivity index (χ0) is 19.5. The smallest absolute Gasteiger partial charge is 0.243 e. The maximum absolute atomic E-state index is 12.2. The summed E-state index contributed by atoms with van der Waals surface area (Å²) in [6, 6.07) is 6.98. The molecule has 0 saturated heterocycles. The average Bonchev–Trinajstić information content (AvgIpc) is 2.59. The summed E-state index contributed by atoms with van der Waals surface area (Å²) in [7, 11) is 4.79. The minimum Gasteiger partial charge on any atom is -0.497 e. The van der Waals surface area contributed by atoms with E-state index < -0.39 is 0 Å². The summed E-state index contributed by atoms with van der Waals surface area (Å²) in [5.74, 6) is -0.0372. The molecule has 0 saturated carbocycles. The SMILES string of the molecule is CCCNC(=O)CN(C)CC(=O)N(C)CC(=O)Nc1cccc(OC)c1. The van der Waals surface area contributed by atoms with Crippen molar-refractivity contribution in [3.8, 4) is 5.75 Å². The molecular weight excluding hydrogens is 336 g/mol. The summed E-state index contributed by atoms with van der Waals surface area (Å²) in [5, 5.41) is 5.48. The summed E-state index contributed by atoms with van der Waals surface area (Å²) in [5.41, 5.74) is 0.597. The monoisotopic (exact) mass is 364 g/mol. The summed E-state index contributed by atoms with van der Waals surface area (Å²) in [4.78, 5) is 38.9. The van der Waals surface area contributed by atoms with Gasteiger partial charge in [-0.1, -0.05) is 13.0 Å². The predicted molar refractivity (Wildman–Crippen MR) is 100 cm³/mol. The number of carbonyl (C=O) groups is 3. The van der Waals surface area contributed by atoms with Crippen molar-refractivity contribution in [3.05, 3.63) is 24.3 Å². The Bertz CT molecular complexity index is 621.